The number of carbonyl (C=O) groups excluding carboxylic acids is 1. The molecule has 0 atom stereocenters. The van der Waals surface area contributed by atoms with Crippen LogP contribution in [0.4, 0.5) is 0 Å². The number of benzene rings is 1. The van der Waals surface area contributed by atoms with Gasteiger partial charge in [0.1, 0.15) is 5.75 Å². The zero-order valence-electron chi connectivity index (χ0n) is 10.5. The minimum absolute atomic E-state index is 0.0758. The maximum atomic E-state index is 11.5. The maximum Gasteiger partial charge on any atom is 0.277 e. The highest BCUT2D eigenvalue weighted by Gasteiger charge is 2.02. The number of hydrazone groups is 1. The maximum absolute atomic E-state index is 11.5. The summed E-state index contributed by atoms with van der Waals surface area (Å²) in [4.78, 5) is 11.5. The Morgan fingerprint density at radius 3 is 3.00 bits per heavy atom. The summed E-state index contributed by atoms with van der Waals surface area (Å²) in [5, 5.41) is 3.78. The van der Waals surface area contributed by atoms with E-state index < -0.39 is 0 Å². The molecule has 0 radical (unpaired) electrons. The Labute approximate surface area is 110 Å². The lowest BCUT2D eigenvalue weighted by Crippen LogP contribution is -2.24. The third-order valence-corrected chi connectivity index (χ3v) is 2.40. The Bertz CT molecular complexity index is 562. The second kappa shape index (κ2) is 6.39. The first-order chi connectivity index (χ1) is 9.25. The summed E-state index contributed by atoms with van der Waals surface area (Å²) in [6, 6.07) is 9.25. The molecule has 1 heterocycles. The first-order valence-corrected chi connectivity index (χ1v) is 5.78. The summed E-state index contributed by atoms with van der Waals surface area (Å²) in [7, 11) is 0. The lowest BCUT2D eigenvalue weighted by molar-refractivity contribution is -0.123. The van der Waals surface area contributed by atoms with Gasteiger partial charge < -0.3 is 9.15 Å². The van der Waals surface area contributed by atoms with Gasteiger partial charge in [0.15, 0.2) is 6.61 Å². The zero-order valence-corrected chi connectivity index (χ0v) is 10.5. The molecule has 0 saturated heterocycles. The molecule has 5 nitrogen and oxygen atoms in total. The molecule has 0 aliphatic carbocycles. The van der Waals surface area contributed by atoms with Gasteiger partial charge in [0.2, 0.25) is 0 Å². The molecule has 0 bridgehead atoms. The average molecular weight is 258 g/mol. The molecule has 0 spiro atoms. The van der Waals surface area contributed by atoms with Gasteiger partial charge in [-0.05, 0) is 24.6 Å². The molecule has 2 rings (SSSR count). The molecule has 1 aromatic heterocycles. The summed E-state index contributed by atoms with van der Waals surface area (Å²) in [5.41, 5.74) is 4.14. The van der Waals surface area contributed by atoms with E-state index in [9.17, 15) is 4.79 Å². The van der Waals surface area contributed by atoms with Crippen molar-refractivity contribution in [3.8, 4) is 5.75 Å². The van der Waals surface area contributed by atoms with Gasteiger partial charge in [-0.2, -0.15) is 5.10 Å². The van der Waals surface area contributed by atoms with Crippen molar-refractivity contribution < 1.29 is 13.9 Å². The van der Waals surface area contributed by atoms with Crippen molar-refractivity contribution in [1.29, 1.82) is 0 Å². The van der Waals surface area contributed by atoms with E-state index in [0.717, 1.165) is 11.1 Å². The van der Waals surface area contributed by atoms with Gasteiger partial charge in [-0.1, -0.05) is 18.2 Å². The largest absolute Gasteiger partial charge is 0.483 e. The molecule has 2 aromatic rings. The molecule has 0 fully saturated rings. The van der Waals surface area contributed by atoms with E-state index in [1.807, 2.05) is 31.2 Å². The second-order valence-corrected chi connectivity index (χ2v) is 3.90. The highest BCUT2D eigenvalue weighted by molar-refractivity contribution is 5.82. The van der Waals surface area contributed by atoms with E-state index in [4.69, 9.17) is 9.15 Å². The number of ether oxygens (including phenoxy) is 1. The van der Waals surface area contributed by atoms with Crippen LogP contribution in [0.3, 0.4) is 0 Å². The smallest absolute Gasteiger partial charge is 0.277 e. The Balaban J connectivity index is 1.78. The van der Waals surface area contributed by atoms with Crippen LogP contribution in [-0.2, 0) is 4.79 Å². The SMILES string of the molecule is Cc1ccccc1OCC(=O)NN=Cc1ccoc1. The summed E-state index contributed by atoms with van der Waals surface area (Å²) in [5.74, 6) is 0.375. The normalized spacial score (nSPS) is 10.6. The third-order valence-electron chi connectivity index (χ3n) is 2.40. The quantitative estimate of drug-likeness (QED) is 0.660. The van der Waals surface area contributed by atoms with E-state index in [1.54, 1.807) is 6.07 Å². The summed E-state index contributed by atoms with van der Waals surface area (Å²) < 4.78 is 10.2. The summed E-state index contributed by atoms with van der Waals surface area (Å²) >= 11 is 0. The number of aryl methyl sites for hydroxylation is 1. The molecule has 0 aliphatic heterocycles. The van der Waals surface area contributed by atoms with Gasteiger partial charge >= 0.3 is 0 Å². The molecular formula is C14H14N2O3. The number of furan rings is 1. The minimum Gasteiger partial charge on any atom is -0.483 e. The molecule has 0 saturated carbocycles. The Morgan fingerprint density at radius 2 is 2.26 bits per heavy atom. The highest BCUT2D eigenvalue weighted by Crippen LogP contribution is 2.15. The number of nitrogens with zero attached hydrogens (tertiary/aromatic N) is 1. The van der Waals surface area contributed by atoms with Crippen LogP contribution in [-0.4, -0.2) is 18.7 Å². The zero-order chi connectivity index (χ0) is 13.5. The number of rotatable bonds is 5. The fraction of sp³-hybridized carbons (Fsp3) is 0.143. The van der Waals surface area contributed by atoms with Crippen LogP contribution in [0.15, 0.2) is 52.4 Å². The molecule has 1 amide bonds. The number of carbonyl (C=O) groups is 1. The fourth-order valence-corrected chi connectivity index (χ4v) is 1.42. The van der Waals surface area contributed by atoms with E-state index in [2.05, 4.69) is 10.5 Å². The lowest BCUT2D eigenvalue weighted by atomic mass is 10.2. The van der Waals surface area contributed by atoms with Crippen molar-refractivity contribution >= 4 is 12.1 Å². The van der Waals surface area contributed by atoms with Crippen LogP contribution in [0.5, 0.6) is 5.75 Å². The number of hydrogen-bond donors (Lipinski definition) is 1. The molecule has 1 N–H and O–H groups in total. The first-order valence-electron chi connectivity index (χ1n) is 5.78. The van der Waals surface area contributed by atoms with Gasteiger partial charge in [-0.25, -0.2) is 5.43 Å². The molecule has 5 heteroatoms. The molecule has 0 aliphatic rings. The van der Waals surface area contributed by atoms with Gasteiger partial charge in [0, 0.05) is 5.56 Å². The summed E-state index contributed by atoms with van der Waals surface area (Å²) in [6.07, 6.45) is 4.55. The average Bonchev–Trinajstić information content (AvgIpc) is 2.91. The molecule has 0 unspecified atom stereocenters. The first kappa shape index (κ1) is 12.9. The molecular weight excluding hydrogens is 244 g/mol. The fourth-order valence-electron chi connectivity index (χ4n) is 1.42. The topological polar surface area (TPSA) is 63.8 Å². The van der Waals surface area contributed by atoms with Crippen molar-refractivity contribution in [3.63, 3.8) is 0 Å². The van der Waals surface area contributed by atoms with Crippen LogP contribution in [0.25, 0.3) is 0 Å². The number of nitrogens with one attached hydrogen (secondary N) is 1. The number of para-hydroxylation sites is 1. The Kier molecular flexibility index (Phi) is 4.34. The molecule has 98 valence electrons. The van der Waals surface area contributed by atoms with Crippen molar-refractivity contribution in [2.24, 2.45) is 5.10 Å². The van der Waals surface area contributed by atoms with Gasteiger partial charge in [-0.15, -0.1) is 0 Å². The van der Waals surface area contributed by atoms with Crippen molar-refractivity contribution in [1.82, 2.24) is 5.43 Å². The van der Waals surface area contributed by atoms with Crippen LogP contribution in [0, 0.1) is 6.92 Å². The van der Waals surface area contributed by atoms with Gasteiger partial charge in [0.25, 0.3) is 5.91 Å². The lowest BCUT2D eigenvalue weighted by Gasteiger charge is -2.07. The number of hydrogen-bond acceptors (Lipinski definition) is 4. The van der Waals surface area contributed by atoms with E-state index in [1.165, 1.54) is 18.7 Å². The van der Waals surface area contributed by atoms with Gasteiger partial charge in [-0.3, -0.25) is 4.79 Å². The standard InChI is InChI=1S/C14H14N2O3/c1-11-4-2-3-5-13(11)19-10-14(17)16-15-8-12-6-7-18-9-12/h2-9H,10H2,1H3,(H,16,17). The minimum atomic E-state index is -0.317. The third kappa shape index (κ3) is 3.99. The van der Waals surface area contributed by atoms with Crippen molar-refractivity contribution in [3.05, 3.63) is 54.0 Å². The molecule has 1 aromatic carbocycles. The predicted molar refractivity (Wildman–Crippen MR) is 71.1 cm³/mol. The number of amides is 1. The monoisotopic (exact) mass is 258 g/mol. The summed E-state index contributed by atoms with van der Waals surface area (Å²) in [6.45, 7) is 1.85. The predicted octanol–water partition coefficient (Wildman–Crippen LogP) is 2.12. The van der Waals surface area contributed by atoms with Crippen LogP contribution in [0.1, 0.15) is 11.1 Å². The second-order valence-electron chi connectivity index (χ2n) is 3.90. The van der Waals surface area contributed by atoms with Crippen LogP contribution < -0.4 is 10.2 Å². The molecule has 19 heavy (non-hydrogen) atoms. The van der Waals surface area contributed by atoms with E-state index in [0.29, 0.717) is 5.75 Å². The van der Waals surface area contributed by atoms with Crippen molar-refractivity contribution in [2.75, 3.05) is 6.61 Å². The van der Waals surface area contributed by atoms with Crippen molar-refractivity contribution in [2.45, 2.75) is 6.92 Å². The highest BCUT2D eigenvalue weighted by atomic mass is 16.5. The van der Waals surface area contributed by atoms with Gasteiger partial charge in [0.05, 0.1) is 18.7 Å². The Hall–Kier alpha value is -2.56. The van der Waals surface area contributed by atoms with Crippen LogP contribution in [0.2, 0.25) is 0 Å². The van der Waals surface area contributed by atoms with E-state index >= 15 is 0 Å². The van der Waals surface area contributed by atoms with Crippen LogP contribution >= 0.6 is 0 Å². The van der Waals surface area contributed by atoms with E-state index in [-0.39, 0.29) is 12.5 Å². The Morgan fingerprint density at radius 1 is 1.42 bits per heavy atom.